The summed E-state index contributed by atoms with van der Waals surface area (Å²) in [6.07, 6.45) is 3.09. The second-order valence-electron chi connectivity index (χ2n) is 3.71. The van der Waals surface area contributed by atoms with Gasteiger partial charge in [0.25, 0.3) is 16.0 Å². The van der Waals surface area contributed by atoms with Crippen LogP contribution in [0, 0.1) is 0 Å². The van der Waals surface area contributed by atoms with Crippen LogP contribution in [-0.4, -0.2) is 28.0 Å². The van der Waals surface area contributed by atoms with Gasteiger partial charge in [-0.15, -0.1) is 5.10 Å². The molecule has 3 aromatic rings. The number of nitrogens with zero attached hydrogens (tertiary/aromatic N) is 4. The molecular weight excluding hydrogens is 266 g/mol. The Morgan fingerprint density at radius 2 is 1.95 bits per heavy atom. The summed E-state index contributed by atoms with van der Waals surface area (Å²) in [7, 11) is -3.76. The fourth-order valence-electron chi connectivity index (χ4n) is 1.55. The van der Waals surface area contributed by atoms with Crippen LogP contribution >= 0.6 is 0 Å². The van der Waals surface area contributed by atoms with Gasteiger partial charge in [0.05, 0.1) is 0 Å². The highest BCUT2D eigenvalue weighted by molar-refractivity contribution is 7.92. The van der Waals surface area contributed by atoms with Gasteiger partial charge < -0.3 is 0 Å². The maximum Gasteiger partial charge on any atom is 0.281 e. The highest BCUT2D eigenvalue weighted by atomic mass is 32.2. The average Bonchev–Trinajstić information content (AvgIpc) is 2.81. The van der Waals surface area contributed by atoms with Crippen molar-refractivity contribution in [1.82, 2.24) is 19.6 Å². The number of pyridine rings is 2. The summed E-state index contributed by atoms with van der Waals surface area (Å²) in [4.78, 5) is 7.84. The maximum absolute atomic E-state index is 12.0. The fraction of sp³-hybridized carbons (Fsp3) is 0. The van der Waals surface area contributed by atoms with Crippen LogP contribution in [0.2, 0.25) is 0 Å². The van der Waals surface area contributed by atoms with Gasteiger partial charge in [0.15, 0.2) is 10.7 Å². The Morgan fingerprint density at radius 3 is 2.68 bits per heavy atom. The van der Waals surface area contributed by atoms with Crippen molar-refractivity contribution in [1.29, 1.82) is 0 Å². The van der Waals surface area contributed by atoms with E-state index in [9.17, 15) is 8.42 Å². The SMILES string of the molecule is O=S(=O)(Nc1nc2ccccn2n1)c1ccccn1. The Kier molecular flexibility index (Phi) is 2.64. The molecule has 0 fully saturated rings. The quantitative estimate of drug-likeness (QED) is 0.768. The number of fused-ring (bicyclic) bond motifs is 1. The highest BCUT2D eigenvalue weighted by Crippen LogP contribution is 2.11. The van der Waals surface area contributed by atoms with Crippen LogP contribution < -0.4 is 4.72 Å². The predicted octanol–water partition coefficient (Wildman–Crippen LogP) is 0.925. The molecule has 0 saturated carbocycles. The van der Waals surface area contributed by atoms with Crippen molar-refractivity contribution >= 4 is 21.6 Å². The number of hydrogen-bond acceptors (Lipinski definition) is 5. The van der Waals surface area contributed by atoms with Crippen molar-refractivity contribution in [2.75, 3.05) is 4.72 Å². The first-order valence-electron chi connectivity index (χ1n) is 5.40. The maximum atomic E-state index is 12.0. The van der Waals surface area contributed by atoms with E-state index in [-0.39, 0.29) is 11.0 Å². The third kappa shape index (κ3) is 2.25. The molecular formula is C11H9N5O2S. The van der Waals surface area contributed by atoms with Gasteiger partial charge in [-0.1, -0.05) is 12.1 Å². The van der Waals surface area contributed by atoms with E-state index in [0.29, 0.717) is 5.65 Å². The minimum absolute atomic E-state index is 0.0110. The molecule has 8 heteroatoms. The van der Waals surface area contributed by atoms with Crippen molar-refractivity contribution in [2.24, 2.45) is 0 Å². The van der Waals surface area contributed by atoms with Gasteiger partial charge >= 0.3 is 0 Å². The van der Waals surface area contributed by atoms with Gasteiger partial charge in [-0.3, -0.25) is 0 Å². The monoisotopic (exact) mass is 275 g/mol. The van der Waals surface area contributed by atoms with Crippen molar-refractivity contribution in [2.45, 2.75) is 5.03 Å². The van der Waals surface area contributed by atoms with Crippen LogP contribution in [0.25, 0.3) is 5.65 Å². The number of hydrogen-bond donors (Lipinski definition) is 1. The molecule has 0 aromatic carbocycles. The number of aromatic nitrogens is 4. The zero-order valence-corrected chi connectivity index (χ0v) is 10.4. The summed E-state index contributed by atoms with van der Waals surface area (Å²) in [5.41, 5.74) is 0.557. The second kappa shape index (κ2) is 4.32. The first-order chi connectivity index (χ1) is 9.15. The molecule has 3 heterocycles. The van der Waals surface area contributed by atoms with Crippen LogP contribution in [0.15, 0.2) is 53.8 Å². The van der Waals surface area contributed by atoms with Crippen LogP contribution in [0.1, 0.15) is 0 Å². The lowest BCUT2D eigenvalue weighted by Crippen LogP contribution is -2.15. The number of anilines is 1. The van der Waals surface area contributed by atoms with Gasteiger partial charge in [0, 0.05) is 12.4 Å². The van der Waals surface area contributed by atoms with Crippen molar-refractivity contribution in [3.63, 3.8) is 0 Å². The lowest BCUT2D eigenvalue weighted by Gasteiger charge is -2.02. The van der Waals surface area contributed by atoms with Crippen LogP contribution in [0.3, 0.4) is 0 Å². The summed E-state index contributed by atoms with van der Waals surface area (Å²) in [6.45, 7) is 0. The fourth-order valence-corrected chi connectivity index (χ4v) is 2.44. The third-order valence-corrected chi connectivity index (χ3v) is 3.62. The minimum Gasteiger partial charge on any atom is -0.245 e. The Labute approximate surface area is 109 Å². The number of nitrogens with one attached hydrogen (secondary N) is 1. The summed E-state index contributed by atoms with van der Waals surface area (Å²) < 4.78 is 27.8. The standard InChI is InChI=1S/C11H9N5O2S/c17-19(18,10-6-1-3-7-12-10)15-11-13-9-5-2-4-8-16(9)14-11/h1-8H,(H,14,15). The first kappa shape index (κ1) is 11.6. The Balaban J connectivity index is 1.97. The van der Waals surface area contributed by atoms with E-state index in [2.05, 4.69) is 19.8 Å². The normalized spacial score (nSPS) is 11.6. The molecule has 3 aromatic heterocycles. The first-order valence-corrected chi connectivity index (χ1v) is 6.89. The number of sulfonamides is 1. The lowest BCUT2D eigenvalue weighted by atomic mass is 10.5. The van der Waals surface area contributed by atoms with E-state index in [1.54, 1.807) is 36.5 Å². The van der Waals surface area contributed by atoms with Crippen LogP contribution in [-0.2, 0) is 10.0 Å². The summed E-state index contributed by atoms with van der Waals surface area (Å²) in [5.74, 6) is 0.0110. The lowest BCUT2D eigenvalue weighted by molar-refractivity contribution is 0.597. The topological polar surface area (TPSA) is 89.2 Å². The summed E-state index contributed by atoms with van der Waals surface area (Å²) in [6, 6.07) is 9.93. The van der Waals surface area contributed by atoms with E-state index in [0.717, 1.165) is 0 Å². The molecule has 0 atom stereocenters. The van der Waals surface area contributed by atoms with Crippen molar-refractivity contribution in [3.05, 3.63) is 48.8 Å². The van der Waals surface area contributed by atoms with Gasteiger partial charge in [-0.05, 0) is 24.3 Å². The molecule has 96 valence electrons. The zero-order chi connectivity index (χ0) is 13.3. The predicted molar refractivity (Wildman–Crippen MR) is 68.0 cm³/mol. The van der Waals surface area contributed by atoms with Crippen LogP contribution in [0.5, 0.6) is 0 Å². The molecule has 0 radical (unpaired) electrons. The molecule has 19 heavy (non-hydrogen) atoms. The molecule has 7 nitrogen and oxygen atoms in total. The van der Waals surface area contributed by atoms with Gasteiger partial charge in [-0.2, -0.15) is 13.4 Å². The van der Waals surface area contributed by atoms with Gasteiger partial charge in [0.2, 0.25) is 0 Å². The zero-order valence-electron chi connectivity index (χ0n) is 9.63. The van der Waals surface area contributed by atoms with E-state index in [1.807, 2.05) is 0 Å². The van der Waals surface area contributed by atoms with Gasteiger partial charge in [0.1, 0.15) is 0 Å². The molecule has 0 spiro atoms. The number of rotatable bonds is 3. The Hall–Kier alpha value is -2.48. The molecule has 0 aliphatic carbocycles. The Morgan fingerprint density at radius 1 is 1.11 bits per heavy atom. The molecule has 0 unspecified atom stereocenters. The van der Waals surface area contributed by atoms with Crippen LogP contribution in [0.4, 0.5) is 5.95 Å². The van der Waals surface area contributed by atoms with E-state index in [4.69, 9.17) is 0 Å². The van der Waals surface area contributed by atoms with Crippen molar-refractivity contribution in [3.8, 4) is 0 Å². The second-order valence-corrected chi connectivity index (χ2v) is 5.34. The molecule has 0 amide bonds. The minimum atomic E-state index is -3.76. The van der Waals surface area contributed by atoms with E-state index in [1.165, 1.54) is 16.8 Å². The average molecular weight is 275 g/mol. The smallest absolute Gasteiger partial charge is 0.245 e. The summed E-state index contributed by atoms with van der Waals surface area (Å²) in [5, 5.41) is 3.94. The van der Waals surface area contributed by atoms with E-state index >= 15 is 0 Å². The molecule has 0 aliphatic heterocycles. The van der Waals surface area contributed by atoms with Gasteiger partial charge in [-0.25, -0.2) is 14.2 Å². The molecule has 1 N–H and O–H groups in total. The summed E-state index contributed by atoms with van der Waals surface area (Å²) >= 11 is 0. The Bertz CT molecular complexity index is 780. The molecule has 3 rings (SSSR count). The largest absolute Gasteiger partial charge is 0.281 e. The highest BCUT2D eigenvalue weighted by Gasteiger charge is 2.17. The molecule has 0 aliphatic rings. The molecule has 0 saturated heterocycles. The van der Waals surface area contributed by atoms with E-state index < -0.39 is 10.0 Å². The van der Waals surface area contributed by atoms with Crippen molar-refractivity contribution < 1.29 is 8.42 Å². The third-order valence-electron chi connectivity index (χ3n) is 2.38. The molecule has 0 bridgehead atoms.